The number of nitrogens with one attached hydrogen (secondary N) is 1. The van der Waals surface area contributed by atoms with Crippen LogP contribution < -0.4 is 10.1 Å². The minimum Gasteiger partial charge on any atom is -0.493 e. The van der Waals surface area contributed by atoms with Gasteiger partial charge in [0.05, 0.1) is 12.5 Å². The number of benzene rings is 1. The topological polar surface area (TPSA) is 41.6 Å². The molecule has 1 aromatic carbocycles. The van der Waals surface area contributed by atoms with Gasteiger partial charge in [0.1, 0.15) is 12.3 Å². The molecule has 1 heterocycles. The summed E-state index contributed by atoms with van der Waals surface area (Å²) in [5, 5.41) is 1.96. The van der Waals surface area contributed by atoms with Crippen molar-refractivity contribution in [2.45, 2.75) is 44.8 Å². The van der Waals surface area contributed by atoms with Gasteiger partial charge in [-0.3, -0.25) is 9.69 Å². The molecule has 5 rings (SSSR count). The van der Waals surface area contributed by atoms with E-state index in [0.717, 1.165) is 29.8 Å². The molecule has 29 heavy (non-hydrogen) atoms. The van der Waals surface area contributed by atoms with Crippen LogP contribution in [-0.4, -0.2) is 43.2 Å². The number of ether oxygens (including phenoxy) is 1. The van der Waals surface area contributed by atoms with Crippen LogP contribution in [0.5, 0.6) is 5.75 Å². The van der Waals surface area contributed by atoms with Crippen molar-refractivity contribution in [2.75, 3.05) is 26.2 Å². The molecular weight excluding hydrogens is 381 g/mol. The minimum absolute atomic E-state index is 0.356. The predicted octanol–water partition coefficient (Wildman–Crippen LogP) is 4.00. The molecule has 3 aliphatic carbocycles. The first-order chi connectivity index (χ1) is 13.9. The molecule has 4 nitrogen and oxygen atoms in total. The molecule has 1 aliphatic heterocycles. The second-order valence-corrected chi connectivity index (χ2v) is 8.96. The molecule has 4 aliphatic rings. The van der Waals surface area contributed by atoms with E-state index < -0.39 is 18.6 Å². The summed E-state index contributed by atoms with van der Waals surface area (Å²) in [6.45, 7) is 1.22. The van der Waals surface area contributed by atoms with Crippen LogP contribution >= 0.6 is 0 Å². The molecule has 160 valence electrons. The van der Waals surface area contributed by atoms with Crippen molar-refractivity contribution in [2.24, 2.45) is 23.7 Å². The number of halogens is 3. The molecule has 4 fully saturated rings. The van der Waals surface area contributed by atoms with Crippen molar-refractivity contribution in [1.82, 2.24) is 10.2 Å². The molecule has 1 unspecified atom stereocenters. The van der Waals surface area contributed by atoms with E-state index in [1.807, 2.05) is 29.6 Å². The lowest BCUT2D eigenvalue weighted by Crippen LogP contribution is -2.53. The number of rotatable bonds is 7. The van der Waals surface area contributed by atoms with E-state index in [0.29, 0.717) is 25.6 Å². The van der Waals surface area contributed by atoms with Crippen LogP contribution in [0.4, 0.5) is 13.2 Å². The number of fused-ring (bicyclic) bond motifs is 3. The Balaban J connectivity index is 1.16. The Morgan fingerprint density at radius 1 is 1.10 bits per heavy atom. The number of amides is 1. The van der Waals surface area contributed by atoms with Gasteiger partial charge in [0.15, 0.2) is 0 Å². The first kappa shape index (κ1) is 20.5. The number of hydrogen-bond donors (Lipinski definition) is 1. The molecule has 1 saturated heterocycles. The lowest BCUT2D eigenvalue weighted by atomic mass is 9.65. The Labute approximate surface area is 169 Å². The smallest absolute Gasteiger partial charge is 0.405 e. The van der Waals surface area contributed by atoms with Gasteiger partial charge in [0.25, 0.3) is 0 Å². The van der Waals surface area contributed by atoms with E-state index in [-0.39, 0.29) is 5.92 Å². The summed E-state index contributed by atoms with van der Waals surface area (Å²) in [6.07, 6.45) is 2.48. The van der Waals surface area contributed by atoms with Crippen molar-refractivity contribution >= 4 is 5.91 Å². The van der Waals surface area contributed by atoms with Gasteiger partial charge in [-0.2, -0.15) is 13.2 Å². The van der Waals surface area contributed by atoms with E-state index in [9.17, 15) is 18.0 Å². The first-order valence-corrected chi connectivity index (χ1v) is 10.6. The van der Waals surface area contributed by atoms with Gasteiger partial charge in [0, 0.05) is 19.6 Å². The fraction of sp³-hybridized carbons (Fsp3) is 0.682. The fourth-order valence-corrected chi connectivity index (χ4v) is 5.07. The molecule has 7 heteroatoms. The van der Waals surface area contributed by atoms with Gasteiger partial charge in [-0.1, -0.05) is 25.0 Å². The Hall–Kier alpha value is -1.76. The maximum atomic E-state index is 12.2. The molecule has 0 spiro atoms. The molecule has 3 saturated carbocycles. The second-order valence-electron chi connectivity index (χ2n) is 8.96. The molecule has 1 amide bonds. The summed E-state index contributed by atoms with van der Waals surface area (Å²) in [5.41, 5.74) is 1.11. The van der Waals surface area contributed by atoms with Gasteiger partial charge in [0.2, 0.25) is 5.91 Å². The predicted molar refractivity (Wildman–Crippen MR) is 103 cm³/mol. The highest BCUT2D eigenvalue weighted by Crippen LogP contribution is 2.45. The summed E-state index contributed by atoms with van der Waals surface area (Å²) >= 11 is 0. The van der Waals surface area contributed by atoms with Crippen molar-refractivity contribution in [1.29, 1.82) is 0 Å². The van der Waals surface area contributed by atoms with Crippen LogP contribution in [0.1, 0.15) is 37.7 Å². The number of carbonyl (C=O) groups is 1. The zero-order chi connectivity index (χ0) is 20.4. The summed E-state index contributed by atoms with van der Waals surface area (Å²) in [7, 11) is 0. The third-order valence-corrected chi connectivity index (χ3v) is 6.78. The lowest BCUT2D eigenvalue weighted by Gasteiger charge is -2.42. The minimum atomic E-state index is -4.36. The first-order valence-electron chi connectivity index (χ1n) is 10.6. The lowest BCUT2D eigenvalue weighted by molar-refractivity contribution is -0.144. The molecule has 1 N–H and O–H groups in total. The zero-order valence-corrected chi connectivity index (χ0v) is 16.6. The van der Waals surface area contributed by atoms with Crippen LogP contribution in [0.2, 0.25) is 0 Å². The summed E-state index contributed by atoms with van der Waals surface area (Å²) in [4.78, 5) is 13.8. The third kappa shape index (κ3) is 5.44. The number of nitrogens with zero attached hydrogens (tertiary/aromatic N) is 1. The van der Waals surface area contributed by atoms with Crippen LogP contribution in [0, 0.1) is 23.7 Å². The quantitative estimate of drug-likeness (QED) is 0.739. The standard InChI is InChI=1S/C22H29F3N2O2/c23-22(24,25)14-26-21(28)19-11-27(12-19)10-16-3-7-20(8-4-16)29-13-18-9-15-1-5-17(18)6-2-15/h3-4,7-8,15,17-19H,1-2,5-6,9-14H2,(H,26,28). The van der Waals surface area contributed by atoms with Crippen LogP contribution in [0.15, 0.2) is 24.3 Å². The average molecular weight is 410 g/mol. The van der Waals surface area contributed by atoms with Crippen molar-refractivity contribution in [3.8, 4) is 5.75 Å². The van der Waals surface area contributed by atoms with Crippen LogP contribution in [0.25, 0.3) is 0 Å². The Morgan fingerprint density at radius 3 is 2.38 bits per heavy atom. The summed E-state index contributed by atoms with van der Waals surface area (Å²) in [5.74, 6) is 2.47. The van der Waals surface area contributed by atoms with E-state index >= 15 is 0 Å². The van der Waals surface area contributed by atoms with Crippen molar-refractivity contribution < 1.29 is 22.7 Å². The van der Waals surface area contributed by atoms with E-state index in [2.05, 4.69) is 4.90 Å². The summed E-state index contributed by atoms with van der Waals surface area (Å²) < 4.78 is 42.5. The molecule has 1 aromatic rings. The van der Waals surface area contributed by atoms with Crippen LogP contribution in [-0.2, 0) is 11.3 Å². The maximum Gasteiger partial charge on any atom is 0.405 e. The SMILES string of the molecule is O=C(NCC(F)(F)F)C1CN(Cc2ccc(OCC3CC4CCC3CC4)cc2)C1. The number of carbonyl (C=O) groups excluding carboxylic acids is 1. The van der Waals surface area contributed by atoms with Gasteiger partial charge in [-0.05, 0) is 54.7 Å². The molecule has 0 aromatic heterocycles. The highest BCUT2D eigenvalue weighted by atomic mass is 19.4. The maximum absolute atomic E-state index is 12.2. The van der Waals surface area contributed by atoms with Gasteiger partial charge in [-0.15, -0.1) is 0 Å². The van der Waals surface area contributed by atoms with Crippen molar-refractivity contribution in [3.63, 3.8) is 0 Å². The summed E-state index contributed by atoms with van der Waals surface area (Å²) in [6, 6.07) is 8.03. The third-order valence-electron chi connectivity index (χ3n) is 6.78. The Bertz CT molecular complexity index is 693. The number of likely N-dealkylation sites (tertiary alicyclic amines) is 1. The Kier molecular flexibility index (Phi) is 6.04. The molecule has 2 bridgehead atoms. The highest BCUT2D eigenvalue weighted by Gasteiger charge is 2.36. The van der Waals surface area contributed by atoms with E-state index in [4.69, 9.17) is 4.74 Å². The fourth-order valence-electron chi connectivity index (χ4n) is 5.07. The molecule has 1 atom stereocenters. The monoisotopic (exact) mass is 410 g/mol. The highest BCUT2D eigenvalue weighted by molar-refractivity contribution is 5.80. The van der Waals surface area contributed by atoms with E-state index in [1.165, 1.54) is 32.1 Å². The van der Waals surface area contributed by atoms with Gasteiger partial charge >= 0.3 is 6.18 Å². The molecular formula is C22H29F3N2O2. The van der Waals surface area contributed by atoms with Crippen molar-refractivity contribution in [3.05, 3.63) is 29.8 Å². The Morgan fingerprint density at radius 2 is 1.79 bits per heavy atom. The largest absolute Gasteiger partial charge is 0.493 e. The van der Waals surface area contributed by atoms with Gasteiger partial charge < -0.3 is 10.1 Å². The molecule has 0 radical (unpaired) electrons. The second kappa shape index (κ2) is 8.54. The average Bonchev–Trinajstić information content (AvgIpc) is 2.68. The van der Waals surface area contributed by atoms with E-state index in [1.54, 1.807) is 0 Å². The van der Waals surface area contributed by atoms with Crippen LogP contribution in [0.3, 0.4) is 0 Å². The number of hydrogen-bond acceptors (Lipinski definition) is 3. The normalized spacial score (nSPS) is 27.5. The number of alkyl halides is 3. The zero-order valence-electron chi connectivity index (χ0n) is 16.6. The van der Waals surface area contributed by atoms with Gasteiger partial charge in [-0.25, -0.2) is 0 Å².